The predicted octanol–water partition coefficient (Wildman–Crippen LogP) is 2.28. The van der Waals surface area contributed by atoms with Crippen LogP contribution in [0.15, 0.2) is 29.2 Å². The van der Waals surface area contributed by atoms with Gasteiger partial charge in [0.2, 0.25) is 0 Å². The van der Waals surface area contributed by atoms with Crippen LogP contribution in [0.2, 0.25) is 0 Å². The molecule has 3 nitrogen and oxygen atoms in total. The van der Waals surface area contributed by atoms with Gasteiger partial charge in [0.25, 0.3) is 0 Å². The first kappa shape index (κ1) is 12.6. The summed E-state index contributed by atoms with van der Waals surface area (Å²) in [4.78, 5) is 0.388. The van der Waals surface area contributed by atoms with Gasteiger partial charge in [-0.3, -0.25) is 0 Å². The number of benzene rings is 1. The number of rotatable bonds is 4. The van der Waals surface area contributed by atoms with Gasteiger partial charge in [0.05, 0.1) is 10.1 Å². The topological polar surface area (TPSA) is 60.2 Å². The normalized spacial score (nSPS) is 18.4. The quantitative estimate of drug-likeness (QED) is 0.895. The molecular weight excluding hydrogens is 234 g/mol. The van der Waals surface area contributed by atoms with Crippen molar-refractivity contribution in [1.29, 1.82) is 0 Å². The Morgan fingerprint density at radius 1 is 1.18 bits per heavy atom. The summed E-state index contributed by atoms with van der Waals surface area (Å²) in [5.41, 5.74) is 7.11. The molecule has 0 unspecified atom stereocenters. The Labute approximate surface area is 103 Å². The molecule has 0 amide bonds. The summed E-state index contributed by atoms with van der Waals surface area (Å²) >= 11 is 0. The Kier molecular flexibility index (Phi) is 3.27. The summed E-state index contributed by atoms with van der Waals surface area (Å²) in [6.07, 6.45) is 2.38. The fourth-order valence-electron chi connectivity index (χ4n) is 1.88. The average Bonchev–Trinajstić information content (AvgIpc) is 3.12. The summed E-state index contributed by atoms with van der Waals surface area (Å²) in [6.45, 7) is 3.39. The summed E-state index contributed by atoms with van der Waals surface area (Å²) in [7, 11) is -3.16. The molecule has 0 aromatic heterocycles. The van der Waals surface area contributed by atoms with E-state index in [2.05, 4.69) is 0 Å². The Balaban J connectivity index is 2.23. The molecule has 1 saturated carbocycles. The minimum Gasteiger partial charge on any atom is -0.324 e. The first-order valence-corrected chi connectivity index (χ1v) is 7.57. The third-order valence-electron chi connectivity index (χ3n) is 3.34. The first-order valence-electron chi connectivity index (χ1n) is 6.02. The molecule has 0 aliphatic heterocycles. The molecule has 94 valence electrons. The molecule has 17 heavy (non-hydrogen) atoms. The summed E-state index contributed by atoms with van der Waals surface area (Å²) in [6, 6.07) is 7.10. The van der Waals surface area contributed by atoms with Gasteiger partial charge >= 0.3 is 0 Å². The monoisotopic (exact) mass is 253 g/mol. The molecule has 1 aromatic rings. The molecule has 0 saturated heterocycles. The van der Waals surface area contributed by atoms with Crippen molar-refractivity contribution in [2.75, 3.05) is 0 Å². The number of nitrogens with two attached hydrogens (primary N) is 1. The lowest BCUT2D eigenvalue weighted by Crippen LogP contribution is -2.15. The summed E-state index contributed by atoms with van der Waals surface area (Å²) < 4.78 is 23.9. The Bertz CT molecular complexity index is 487. The van der Waals surface area contributed by atoms with Gasteiger partial charge in [-0.2, -0.15) is 0 Å². The molecule has 2 N–H and O–H groups in total. The molecule has 0 bridgehead atoms. The Morgan fingerprint density at radius 3 is 2.12 bits per heavy atom. The maximum Gasteiger partial charge on any atom is 0.180 e. The lowest BCUT2D eigenvalue weighted by atomic mass is 10.0. The largest absolute Gasteiger partial charge is 0.324 e. The van der Waals surface area contributed by atoms with Crippen molar-refractivity contribution >= 4 is 9.84 Å². The minimum atomic E-state index is -3.16. The van der Waals surface area contributed by atoms with Gasteiger partial charge in [0.1, 0.15) is 0 Å². The molecule has 1 atom stereocenters. The van der Waals surface area contributed by atoms with E-state index in [1.54, 1.807) is 26.0 Å². The zero-order valence-corrected chi connectivity index (χ0v) is 11.1. The fraction of sp³-hybridized carbons (Fsp3) is 0.538. The Hall–Kier alpha value is -0.870. The highest BCUT2D eigenvalue weighted by Crippen LogP contribution is 2.39. The standard InChI is InChI=1S/C13H19NO2S/c1-9(2)17(15,16)12-7-5-11(6-8-12)13(14)10-3-4-10/h5-10,13H,3-4,14H2,1-2H3/t13-/m1/s1. The van der Waals surface area contributed by atoms with Crippen LogP contribution >= 0.6 is 0 Å². The fourth-order valence-corrected chi connectivity index (χ4v) is 2.94. The van der Waals surface area contributed by atoms with Crippen molar-refractivity contribution in [3.63, 3.8) is 0 Å². The molecule has 0 radical (unpaired) electrons. The summed E-state index contributed by atoms with van der Waals surface area (Å²) in [5, 5.41) is -0.384. The van der Waals surface area contributed by atoms with Gasteiger partial charge in [0, 0.05) is 6.04 Å². The van der Waals surface area contributed by atoms with Crippen LogP contribution in [0.3, 0.4) is 0 Å². The first-order chi connectivity index (χ1) is 7.93. The molecule has 1 aromatic carbocycles. The van der Waals surface area contributed by atoms with Crippen LogP contribution in [0.5, 0.6) is 0 Å². The molecule has 0 spiro atoms. The van der Waals surface area contributed by atoms with E-state index in [0.717, 1.165) is 5.56 Å². The van der Waals surface area contributed by atoms with Gasteiger partial charge in [0.15, 0.2) is 9.84 Å². The zero-order valence-electron chi connectivity index (χ0n) is 10.3. The van der Waals surface area contributed by atoms with Crippen molar-refractivity contribution in [3.8, 4) is 0 Å². The second-order valence-corrected chi connectivity index (χ2v) is 7.53. The van der Waals surface area contributed by atoms with Gasteiger partial charge in [-0.15, -0.1) is 0 Å². The number of hydrogen-bond donors (Lipinski definition) is 1. The van der Waals surface area contributed by atoms with E-state index in [-0.39, 0.29) is 11.3 Å². The number of sulfone groups is 1. The lowest BCUT2D eigenvalue weighted by Gasteiger charge is -2.12. The van der Waals surface area contributed by atoms with Crippen LogP contribution in [0, 0.1) is 5.92 Å². The van der Waals surface area contributed by atoms with Gasteiger partial charge in [-0.1, -0.05) is 12.1 Å². The molecular formula is C13H19NO2S. The van der Waals surface area contributed by atoms with E-state index in [9.17, 15) is 8.42 Å². The molecule has 1 fully saturated rings. The minimum absolute atomic E-state index is 0.0609. The van der Waals surface area contributed by atoms with E-state index in [4.69, 9.17) is 5.73 Å². The number of hydrogen-bond acceptors (Lipinski definition) is 3. The van der Waals surface area contributed by atoms with E-state index in [0.29, 0.717) is 10.8 Å². The summed E-state index contributed by atoms with van der Waals surface area (Å²) in [5.74, 6) is 0.586. The van der Waals surface area contributed by atoms with Crippen LogP contribution in [-0.4, -0.2) is 13.7 Å². The van der Waals surface area contributed by atoms with Crippen molar-refractivity contribution in [1.82, 2.24) is 0 Å². The van der Waals surface area contributed by atoms with E-state index in [1.807, 2.05) is 12.1 Å². The highest BCUT2D eigenvalue weighted by Gasteiger charge is 2.29. The van der Waals surface area contributed by atoms with Crippen molar-refractivity contribution < 1.29 is 8.42 Å². The maximum atomic E-state index is 11.9. The van der Waals surface area contributed by atoms with E-state index in [1.165, 1.54) is 12.8 Å². The molecule has 2 rings (SSSR count). The van der Waals surface area contributed by atoms with Crippen molar-refractivity contribution in [2.24, 2.45) is 11.7 Å². The molecule has 1 aliphatic rings. The second kappa shape index (κ2) is 4.42. The highest BCUT2D eigenvalue weighted by atomic mass is 32.2. The van der Waals surface area contributed by atoms with Gasteiger partial charge < -0.3 is 5.73 Å². The van der Waals surface area contributed by atoms with Crippen molar-refractivity contribution in [2.45, 2.75) is 42.9 Å². The third-order valence-corrected chi connectivity index (χ3v) is 5.51. The lowest BCUT2D eigenvalue weighted by molar-refractivity contribution is 0.587. The van der Waals surface area contributed by atoms with E-state index >= 15 is 0 Å². The predicted molar refractivity (Wildman–Crippen MR) is 68.4 cm³/mol. The van der Waals surface area contributed by atoms with Crippen molar-refractivity contribution in [3.05, 3.63) is 29.8 Å². The van der Waals surface area contributed by atoms with Gasteiger partial charge in [-0.05, 0) is 50.3 Å². The smallest absolute Gasteiger partial charge is 0.180 e. The van der Waals surface area contributed by atoms with Gasteiger partial charge in [-0.25, -0.2) is 8.42 Å². The van der Waals surface area contributed by atoms with Crippen LogP contribution < -0.4 is 5.73 Å². The van der Waals surface area contributed by atoms with Crippen LogP contribution in [0.4, 0.5) is 0 Å². The zero-order chi connectivity index (χ0) is 12.6. The van der Waals surface area contributed by atoms with Crippen LogP contribution in [0.25, 0.3) is 0 Å². The van der Waals surface area contributed by atoms with Crippen LogP contribution in [0.1, 0.15) is 38.3 Å². The molecule has 4 heteroatoms. The molecule has 1 aliphatic carbocycles. The Morgan fingerprint density at radius 2 is 1.71 bits per heavy atom. The second-order valence-electron chi connectivity index (χ2n) is 5.03. The van der Waals surface area contributed by atoms with Crippen LogP contribution in [-0.2, 0) is 9.84 Å². The molecule has 0 heterocycles. The SMILES string of the molecule is CC(C)S(=O)(=O)c1ccc([C@H](N)C2CC2)cc1. The third kappa shape index (κ3) is 2.53. The average molecular weight is 253 g/mol. The highest BCUT2D eigenvalue weighted by molar-refractivity contribution is 7.92. The van der Waals surface area contributed by atoms with E-state index < -0.39 is 9.84 Å². The maximum absolute atomic E-state index is 11.9.